The van der Waals surface area contributed by atoms with Crippen LogP contribution in [0.5, 0.6) is 0 Å². The molecule has 0 saturated carbocycles. The maximum absolute atomic E-state index is 11.8. The second kappa shape index (κ2) is 6.65. The van der Waals surface area contributed by atoms with E-state index in [4.69, 9.17) is 5.73 Å². The number of hydrogen-bond acceptors (Lipinski definition) is 4. The Bertz CT molecular complexity index is 564. The van der Waals surface area contributed by atoms with Gasteiger partial charge in [0.15, 0.2) is 0 Å². The van der Waals surface area contributed by atoms with Crippen molar-refractivity contribution in [1.29, 1.82) is 0 Å². The Kier molecular flexibility index (Phi) is 6.15. The van der Waals surface area contributed by atoms with Crippen molar-refractivity contribution in [3.8, 4) is 0 Å². The number of nitrogens with two attached hydrogens (primary N) is 1. The van der Waals surface area contributed by atoms with Crippen LogP contribution >= 0.6 is 24.8 Å². The molecule has 0 bridgehead atoms. The van der Waals surface area contributed by atoms with Crippen molar-refractivity contribution in [3.63, 3.8) is 0 Å². The zero-order valence-corrected chi connectivity index (χ0v) is 12.2. The molecule has 2 heterocycles. The van der Waals surface area contributed by atoms with E-state index in [-0.39, 0.29) is 30.7 Å². The van der Waals surface area contributed by atoms with Gasteiger partial charge in [0, 0.05) is 24.0 Å². The predicted octanol–water partition coefficient (Wildman–Crippen LogP) is 2.15. The number of anilines is 1. The first kappa shape index (κ1) is 17.6. The fraction of sp³-hybridized carbons (Fsp3) is 0.250. The minimum atomic E-state index is -0.919. The number of hydrogen-bond donors (Lipinski definition) is 2. The van der Waals surface area contributed by atoms with Gasteiger partial charge in [-0.25, -0.2) is 0 Å². The molecule has 0 atom stereocenters. The first-order valence-corrected chi connectivity index (χ1v) is 5.27. The zero-order valence-electron chi connectivity index (χ0n) is 10.6. The summed E-state index contributed by atoms with van der Waals surface area (Å²) >= 11 is 0. The highest BCUT2D eigenvalue weighted by atomic mass is 35.5. The molecule has 0 aromatic carbocycles. The summed E-state index contributed by atoms with van der Waals surface area (Å²) in [4.78, 5) is 20.0. The molecule has 0 radical (unpaired) electrons. The molecule has 1 amide bonds. The number of aromatic nitrogens is 2. The first-order valence-electron chi connectivity index (χ1n) is 5.27. The van der Waals surface area contributed by atoms with Gasteiger partial charge >= 0.3 is 0 Å². The lowest BCUT2D eigenvalue weighted by atomic mass is 10.1. The fourth-order valence-electron chi connectivity index (χ4n) is 1.38. The Labute approximate surface area is 123 Å². The molecule has 104 valence electrons. The topological polar surface area (TPSA) is 80.9 Å². The van der Waals surface area contributed by atoms with Gasteiger partial charge in [-0.15, -0.1) is 24.8 Å². The number of carbonyl (C=O) groups is 1. The Morgan fingerprint density at radius 1 is 1.26 bits per heavy atom. The lowest BCUT2D eigenvalue weighted by Gasteiger charge is -2.18. The Morgan fingerprint density at radius 2 is 1.95 bits per heavy atom. The SMILES string of the molecule is CC(C)(N)C(=O)Nc1ccnc2ccncc12.Cl.Cl. The second-order valence-corrected chi connectivity index (χ2v) is 4.43. The van der Waals surface area contributed by atoms with Crippen LogP contribution in [0, 0.1) is 0 Å². The Balaban J connectivity index is 0.00000162. The van der Waals surface area contributed by atoms with Gasteiger partial charge in [0.05, 0.1) is 16.7 Å². The third kappa shape index (κ3) is 4.02. The zero-order chi connectivity index (χ0) is 12.5. The van der Waals surface area contributed by atoms with Crippen molar-refractivity contribution in [1.82, 2.24) is 9.97 Å². The van der Waals surface area contributed by atoms with E-state index in [0.29, 0.717) is 5.69 Å². The third-order valence-electron chi connectivity index (χ3n) is 2.38. The van der Waals surface area contributed by atoms with Crippen molar-refractivity contribution >= 4 is 47.3 Å². The molecule has 0 spiro atoms. The summed E-state index contributed by atoms with van der Waals surface area (Å²) in [7, 11) is 0. The van der Waals surface area contributed by atoms with E-state index in [1.54, 1.807) is 44.6 Å². The van der Waals surface area contributed by atoms with Crippen LogP contribution in [0.3, 0.4) is 0 Å². The number of rotatable bonds is 2. The number of fused-ring (bicyclic) bond motifs is 1. The smallest absolute Gasteiger partial charge is 0.243 e. The van der Waals surface area contributed by atoms with E-state index in [2.05, 4.69) is 15.3 Å². The number of carbonyl (C=O) groups excluding carboxylic acids is 1. The molecule has 2 rings (SSSR count). The summed E-state index contributed by atoms with van der Waals surface area (Å²) in [5.74, 6) is -0.242. The van der Waals surface area contributed by atoms with Crippen LogP contribution in [0.4, 0.5) is 5.69 Å². The maximum atomic E-state index is 11.8. The van der Waals surface area contributed by atoms with E-state index in [1.165, 1.54) is 0 Å². The minimum absolute atomic E-state index is 0. The van der Waals surface area contributed by atoms with Gasteiger partial charge in [-0.3, -0.25) is 14.8 Å². The van der Waals surface area contributed by atoms with Gasteiger partial charge in [0.25, 0.3) is 0 Å². The molecule has 2 aromatic heterocycles. The predicted molar refractivity (Wildman–Crippen MR) is 80.9 cm³/mol. The molecular weight excluding hydrogens is 287 g/mol. The highest BCUT2D eigenvalue weighted by molar-refractivity contribution is 6.03. The molecule has 0 saturated heterocycles. The number of pyridine rings is 2. The molecule has 5 nitrogen and oxygen atoms in total. The van der Waals surface area contributed by atoms with E-state index in [0.717, 1.165) is 10.9 Å². The lowest BCUT2D eigenvalue weighted by Crippen LogP contribution is -2.45. The largest absolute Gasteiger partial charge is 0.324 e. The third-order valence-corrected chi connectivity index (χ3v) is 2.38. The number of nitrogens with zero attached hydrogens (tertiary/aromatic N) is 2. The second-order valence-electron chi connectivity index (χ2n) is 4.43. The Morgan fingerprint density at radius 3 is 2.58 bits per heavy atom. The van der Waals surface area contributed by atoms with E-state index < -0.39 is 5.54 Å². The van der Waals surface area contributed by atoms with E-state index in [1.807, 2.05) is 0 Å². The number of halogens is 2. The molecular formula is C12H16Cl2N4O. The molecule has 0 aliphatic rings. The molecule has 2 aromatic rings. The quantitative estimate of drug-likeness (QED) is 0.890. The van der Waals surface area contributed by atoms with Gasteiger partial charge in [-0.1, -0.05) is 0 Å². The standard InChI is InChI=1S/C12H14N4O.2ClH/c1-12(2,13)11(17)16-10-4-6-15-9-3-5-14-7-8(9)10;;/h3-7H,13H2,1-2H3,(H,15,16,17);2*1H. The van der Waals surface area contributed by atoms with Crippen molar-refractivity contribution in [2.24, 2.45) is 5.73 Å². The van der Waals surface area contributed by atoms with Gasteiger partial charge in [0.2, 0.25) is 5.91 Å². The summed E-state index contributed by atoms with van der Waals surface area (Å²) in [6, 6.07) is 3.52. The van der Waals surface area contributed by atoms with Crippen molar-refractivity contribution in [2.45, 2.75) is 19.4 Å². The van der Waals surface area contributed by atoms with Crippen molar-refractivity contribution < 1.29 is 4.79 Å². The monoisotopic (exact) mass is 302 g/mol. The molecule has 19 heavy (non-hydrogen) atoms. The summed E-state index contributed by atoms with van der Waals surface area (Å²) in [5.41, 5.74) is 6.27. The summed E-state index contributed by atoms with van der Waals surface area (Å²) in [5, 5.41) is 3.58. The average Bonchev–Trinajstić information content (AvgIpc) is 2.28. The first-order chi connectivity index (χ1) is 7.98. The molecule has 0 fully saturated rings. The summed E-state index contributed by atoms with van der Waals surface area (Å²) < 4.78 is 0. The van der Waals surface area contributed by atoms with Crippen LogP contribution < -0.4 is 11.1 Å². The van der Waals surface area contributed by atoms with Crippen LogP contribution in [-0.4, -0.2) is 21.4 Å². The highest BCUT2D eigenvalue weighted by Crippen LogP contribution is 2.20. The molecule has 0 aliphatic heterocycles. The minimum Gasteiger partial charge on any atom is -0.324 e. The Hall–Kier alpha value is -1.43. The van der Waals surface area contributed by atoms with Crippen LogP contribution in [0.2, 0.25) is 0 Å². The molecule has 3 N–H and O–H groups in total. The summed E-state index contributed by atoms with van der Waals surface area (Å²) in [6.45, 7) is 3.31. The molecule has 0 unspecified atom stereocenters. The van der Waals surface area contributed by atoms with Gasteiger partial charge in [0.1, 0.15) is 0 Å². The fourth-order valence-corrected chi connectivity index (χ4v) is 1.38. The number of nitrogens with one attached hydrogen (secondary N) is 1. The van der Waals surface area contributed by atoms with Crippen molar-refractivity contribution in [3.05, 3.63) is 30.7 Å². The summed E-state index contributed by atoms with van der Waals surface area (Å²) in [6.07, 6.45) is 4.97. The van der Waals surface area contributed by atoms with E-state index in [9.17, 15) is 4.79 Å². The molecule has 7 heteroatoms. The van der Waals surface area contributed by atoms with Gasteiger partial charge in [-0.05, 0) is 26.0 Å². The lowest BCUT2D eigenvalue weighted by molar-refractivity contribution is -0.120. The number of amides is 1. The van der Waals surface area contributed by atoms with Crippen molar-refractivity contribution in [2.75, 3.05) is 5.32 Å². The van der Waals surface area contributed by atoms with Crippen LogP contribution in [0.15, 0.2) is 30.7 Å². The van der Waals surface area contributed by atoms with Gasteiger partial charge in [-0.2, -0.15) is 0 Å². The van der Waals surface area contributed by atoms with E-state index >= 15 is 0 Å². The van der Waals surface area contributed by atoms with Gasteiger partial charge < -0.3 is 11.1 Å². The normalized spacial score (nSPS) is 10.3. The van der Waals surface area contributed by atoms with Crippen LogP contribution in [0.25, 0.3) is 10.9 Å². The van der Waals surface area contributed by atoms with Crippen LogP contribution in [-0.2, 0) is 4.79 Å². The average molecular weight is 303 g/mol. The maximum Gasteiger partial charge on any atom is 0.243 e. The highest BCUT2D eigenvalue weighted by Gasteiger charge is 2.22. The van der Waals surface area contributed by atoms with Crippen LogP contribution in [0.1, 0.15) is 13.8 Å². The molecule has 0 aliphatic carbocycles.